The van der Waals surface area contributed by atoms with Crippen LogP contribution in [0, 0.1) is 31.6 Å². The van der Waals surface area contributed by atoms with E-state index < -0.39 is 0 Å². The normalized spacial score (nSPS) is 28.3. The molecule has 3 N–H and O–H groups in total. The number of rotatable bonds is 5. The van der Waals surface area contributed by atoms with E-state index in [9.17, 15) is 4.79 Å². The van der Waals surface area contributed by atoms with Crippen LogP contribution in [0.25, 0.3) is 0 Å². The molecule has 3 rings (SSSR count). The van der Waals surface area contributed by atoms with E-state index in [4.69, 9.17) is 10.5 Å². The molecule has 4 unspecified atom stereocenters. The number of nitrogens with two attached hydrogens (primary N) is 1. The van der Waals surface area contributed by atoms with E-state index in [0.717, 1.165) is 29.7 Å². The number of nitrogens with one attached hydrogen (secondary N) is 1. The Bertz CT molecular complexity index is 542. The summed E-state index contributed by atoms with van der Waals surface area (Å²) >= 11 is 0. The number of benzene rings is 1. The van der Waals surface area contributed by atoms with Gasteiger partial charge in [-0.25, -0.2) is 0 Å². The Morgan fingerprint density at radius 1 is 1.26 bits per heavy atom. The van der Waals surface area contributed by atoms with E-state index in [0.29, 0.717) is 25.0 Å². The van der Waals surface area contributed by atoms with Crippen molar-refractivity contribution >= 4 is 18.3 Å². The number of para-hydroxylation sites is 1. The van der Waals surface area contributed by atoms with Crippen LogP contribution < -0.4 is 15.8 Å². The van der Waals surface area contributed by atoms with Crippen LogP contribution in [0.3, 0.4) is 0 Å². The van der Waals surface area contributed by atoms with Crippen LogP contribution in [0.5, 0.6) is 5.75 Å². The molecule has 0 saturated heterocycles. The third-order valence-electron chi connectivity index (χ3n) is 5.34. The summed E-state index contributed by atoms with van der Waals surface area (Å²) in [5.41, 5.74) is 8.46. The quantitative estimate of drug-likeness (QED) is 0.811. The fraction of sp³-hybridized carbons (Fsp3) is 0.611. The van der Waals surface area contributed by atoms with Crippen molar-refractivity contribution < 1.29 is 9.53 Å². The summed E-state index contributed by atoms with van der Waals surface area (Å²) in [4.78, 5) is 12.3. The van der Waals surface area contributed by atoms with Gasteiger partial charge in [-0.3, -0.25) is 4.79 Å². The van der Waals surface area contributed by atoms with Gasteiger partial charge in [-0.05, 0) is 56.1 Å². The number of halogens is 1. The van der Waals surface area contributed by atoms with E-state index in [1.807, 2.05) is 32.0 Å². The molecule has 0 aliphatic heterocycles. The first-order chi connectivity index (χ1) is 10.6. The van der Waals surface area contributed by atoms with Gasteiger partial charge >= 0.3 is 0 Å². The molecule has 2 bridgehead atoms. The second-order valence-corrected chi connectivity index (χ2v) is 6.80. The average molecular weight is 339 g/mol. The fourth-order valence-corrected chi connectivity index (χ4v) is 4.20. The summed E-state index contributed by atoms with van der Waals surface area (Å²) in [5.74, 6) is 2.11. The van der Waals surface area contributed by atoms with Gasteiger partial charge in [0, 0.05) is 6.04 Å². The highest BCUT2D eigenvalue weighted by molar-refractivity contribution is 5.85. The van der Waals surface area contributed by atoms with Crippen molar-refractivity contribution in [2.45, 2.75) is 39.2 Å². The van der Waals surface area contributed by atoms with Crippen molar-refractivity contribution in [3.63, 3.8) is 0 Å². The van der Waals surface area contributed by atoms with Gasteiger partial charge in [0.1, 0.15) is 12.4 Å². The fourth-order valence-electron chi connectivity index (χ4n) is 4.20. The molecular weight excluding hydrogens is 312 g/mol. The summed E-state index contributed by atoms with van der Waals surface area (Å²) in [5, 5.41) is 3.01. The maximum Gasteiger partial charge on any atom is 0.225 e. The molecule has 128 valence electrons. The van der Waals surface area contributed by atoms with Crippen LogP contribution in [0.2, 0.25) is 0 Å². The zero-order chi connectivity index (χ0) is 15.7. The van der Waals surface area contributed by atoms with E-state index in [1.54, 1.807) is 0 Å². The summed E-state index contributed by atoms with van der Waals surface area (Å²) in [6.45, 7) is 5.10. The highest BCUT2D eigenvalue weighted by Gasteiger charge is 2.48. The highest BCUT2D eigenvalue weighted by Crippen LogP contribution is 2.47. The van der Waals surface area contributed by atoms with Gasteiger partial charge in [-0.1, -0.05) is 18.2 Å². The lowest BCUT2D eigenvalue weighted by atomic mass is 9.84. The molecule has 4 nitrogen and oxygen atoms in total. The first-order valence-corrected chi connectivity index (χ1v) is 8.30. The highest BCUT2D eigenvalue weighted by atomic mass is 35.5. The minimum Gasteiger partial charge on any atom is -0.491 e. The second-order valence-electron chi connectivity index (χ2n) is 6.80. The van der Waals surface area contributed by atoms with Gasteiger partial charge in [0.2, 0.25) is 5.91 Å². The van der Waals surface area contributed by atoms with Gasteiger partial charge < -0.3 is 15.8 Å². The van der Waals surface area contributed by atoms with Crippen LogP contribution in [0.4, 0.5) is 0 Å². The summed E-state index contributed by atoms with van der Waals surface area (Å²) in [6, 6.07) is 6.15. The van der Waals surface area contributed by atoms with Crippen molar-refractivity contribution in [1.82, 2.24) is 5.32 Å². The molecule has 0 spiro atoms. The van der Waals surface area contributed by atoms with Crippen LogP contribution in [0.15, 0.2) is 18.2 Å². The minimum absolute atomic E-state index is 0. The lowest BCUT2D eigenvalue weighted by Gasteiger charge is -2.27. The van der Waals surface area contributed by atoms with Crippen LogP contribution in [0.1, 0.15) is 30.4 Å². The Balaban J connectivity index is 0.00000192. The number of amides is 1. The predicted molar refractivity (Wildman–Crippen MR) is 94.0 cm³/mol. The Kier molecular flexibility index (Phi) is 5.93. The van der Waals surface area contributed by atoms with Gasteiger partial charge in [0.25, 0.3) is 0 Å². The molecule has 1 aromatic carbocycles. The monoisotopic (exact) mass is 338 g/mol. The summed E-state index contributed by atoms with van der Waals surface area (Å²) < 4.78 is 5.82. The first kappa shape index (κ1) is 18.1. The molecule has 0 heterocycles. The first-order valence-electron chi connectivity index (χ1n) is 8.30. The van der Waals surface area contributed by atoms with E-state index >= 15 is 0 Å². The Labute approximate surface area is 144 Å². The Hall–Kier alpha value is -1.26. The number of carbonyl (C=O) groups excluding carboxylic acids is 1. The van der Waals surface area contributed by atoms with Crippen molar-refractivity contribution in [2.24, 2.45) is 23.5 Å². The van der Waals surface area contributed by atoms with Crippen molar-refractivity contribution in [2.75, 3.05) is 13.2 Å². The number of fused-ring (bicyclic) bond motifs is 2. The average Bonchev–Trinajstić information content (AvgIpc) is 3.06. The number of aryl methyl sites for hydroxylation is 2. The van der Waals surface area contributed by atoms with Crippen molar-refractivity contribution in [3.05, 3.63) is 29.3 Å². The molecule has 0 aromatic heterocycles. The molecule has 2 aliphatic carbocycles. The maximum absolute atomic E-state index is 12.3. The van der Waals surface area contributed by atoms with Crippen molar-refractivity contribution in [1.29, 1.82) is 0 Å². The van der Waals surface area contributed by atoms with Gasteiger partial charge in [0.15, 0.2) is 0 Å². The third-order valence-corrected chi connectivity index (χ3v) is 5.34. The maximum atomic E-state index is 12.3. The van der Waals surface area contributed by atoms with E-state index in [1.165, 1.54) is 6.42 Å². The molecule has 1 aromatic rings. The molecule has 1 amide bonds. The Morgan fingerprint density at radius 2 is 1.91 bits per heavy atom. The standard InChI is InChI=1S/C18H26N2O2.ClH/c1-11-4-3-5-12(2)17(11)22-9-8-20-18(21)15-13-6-7-14(10-13)16(15)19;/h3-5,13-16H,6-10,19H2,1-2H3,(H,20,21);1H. The zero-order valence-electron chi connectivity index (χ0n) is 13.9. The van der Waals surface area contributed by atoms with E-state index in [-0.39, 0.29) is 30.3 Å². The van der Waals surface area contributed by atoms with Gasteiger partial charge in [-0.2, -0.15) is 0 Å². The predicted octanol–water partition coefficient (Wildman–Crippen LogP) is 2.59. The van der Waals surface area contributed by atoms with Crippen LogP contribution in [-0.4, -0.2) is 25.1 Å². The molecule has 2 aliphatic rings. The lowest BCUT2D eigenvalue weighted by molar-refractivity contribution is -0.127. The smallest absolute Gasteiger partial charge is 0.225 e. The number of ether oxygens (including phenoxy) is 1. The largest absolute Gasteiger partial charge is 0.491 e. The summed E-state index contributed by atoms with van der Waals surface area (Å²) in [6.07, 6.45) is 3.50. The van der Waals surface area contributed by atoms with Gasteiger partial charge in [-0.15, -0.1) is 12.4 Å². The molecule has 0 radical (unpaired) electrons. The van der Waals surface area contributed by atoms with Crippen LogP contribution in [-0.2, 0) is 4.79 Å². The van der Waals surface area contributed by atoms with Crippen molar-refractivity contribution in [3.8, 4) is 5.75 Å². The van der Waals surface area contributed by atoms with Gasteiger partial charge in [0.05, 0.1) is 12.5 Å². The molecule has 5 heteroatoms. The second kappa shape index (κ2) is 7.54. The number of carbonyl (C=O) groups is 1. The molecule has 23 heavy (non-hydrogen) atoms. The van der Waals surface area contributed by atoms with E-state index in [2.05, 4.69) is 5.32 Å². The molecule has 2 fully saturated rings. The molecule has 4 atom stereocenters. The zero-order valence-corrected chi connectivity index (χ0v) is 14.7. The third kappa shape index (κ3) is 3.64. The number of hydrogen-bond acceptors (Lipinski definition) is 3. The lowest BCUT2D eigenvalue weighted by Crippen LogP contribution is -2.46. The molecule has 2 saturated carbocycles. The van der Waals surface area contributed by atoms with Crippen LogP contribution >= 0.6 is 12.4 Å². The summed E-state index contributed by atoms with van der Waals surface area (Å²) in [7, 11) is 0. The minimum atomic E-state index is 0. The topological polar surface area (TPSA) is 64.3 Å². The molecular formula is C18H27ClN2O2. The number of hydrogen-bond donors (Lipinski definition) is 2. The SMILES string of the molecule is Cc1cccc(C)c1OCCNC(=O)C1C2CCC(C2)C1N.Cl. The Morgan fingerprint density at radius 3 is 2.52 bits per heavy atom.